The van der Waals surface area contributed by atoms with Crippen LogP contribution in [0.5, 0.6) is 0 Å². The van der Waals surface area contributed by atoms with Crippen molar-refractivity contribution in [3.05, 3.63) is 42.9 Å². The van der Waals surface area contributed by atoms with Gasteiger partial charge in [-0.25, -0.2) is 13.4 Å². The second-order valence-electron chi connectivity index (χ2n) is 8.18. The molecule has 9 heteroatoms. The van der Waals surface area contributed by atoms with Crippen molar-refractivity contribution in [1.29, 1.82) is 0 Å². The summed E-state index contributed by atoms with van der Waals surface area (Å²) in [6.07, 6.45) is 10.6. The fourth-order valence-electron chi connectivity index (χ4n) is 4.26. The van der Waals surface area contributed by atoms with E-state index < -0.39 is 10.0 Å². The molecule has 2 aliphatic rings. The molecule has 8 nitrogen and oxygen atoms in total. The van der Waals surface area contributed by atoms with Gasteiger partial charge in [0.25, 0.3) is 0 Å². The third-order valence-corrected chi connectivity index (χ3v) is 7.86. The normalized spacial score (nSPS) is 20.8. The van der Waals surface area contributed by atoms with Crippen LogP contribution < -0.4 is 10.2 Å². The third kappa shape index (κ3) is 5.22. The van der Waals surface area contributed by atoms with Crippen LogP contribution in [0, 0.1) is 5.92 Å². The van der Waals surface area contributed by atoms with Crippen molar-refractivity contribution in [2.24, 2.45) is 5.92 Å². The average Bonchev–Trinajstić information content (AvgIpc) is 3.10. The lowest BCUT2D eigenvalue weighted by Crippen LogP contribution is -2.41. The van der Waals surface area contributed by atoms with E-state index in [0.717, 1.165) is 50.9 Å². The van der Waals surface area contributed by atoms with Crippen LogP contribution in [0.4, 0.5) is 11.5 Å². The number of carbonyl (C=O) groups is 1. The fourth-order valence-corrected chi connectivity index (χ4v) is 5.83. The first-order chi connectivity index (χ1) is 15.0. The van der Waals surface area contributed by atoms with Gasteiger partial charge < -0.3 is 10.2 Å². The van der Waals surface area contributed by atoms with Crippen LogP contribution in [0.2, 0.25) is 0 Å². The van der Waals surface area contributed by atoms with Crippen LogP contribution >= 0.6 is 0 Å². The monoisotopic (exact) mass is 443 g/mol. The summed E-state index contributed by atoms with van der Waals surface area (Å²) in [6, 6.07) is 6.60. The van der Waals surface area contributed by atoms with Crippen molar-refractivity contribution in [2.45, 2.75) is 43.4 Å². The molecule has 0 saturated carbocycles. The number of aromatic nitrogens is 2. The van der Waals surface area contributed by atoms with Gasteiger partial charge in [0.1, 0.15) is 5.82 Å². The van der Waals surface area contributed by atoms with Crippen LogP contribution in [0.3, 0.4) is 0 Å². The summed E-state index contributed by atoms with van der Waals surface area (Å²) in [5, 5.41) is 2.93. The molecule has 1 atom stereocenters. The summed E-state index contributed by atoms with van der Waals surface area (Å²) in [5.41, 5.74) is 0.512. The highest BCUT2D eigenvalue weighted by atomic mass is 32.2. The standard InChI is InChI=1S/C22H29N5O3S/c28-22(18-7-6-12-26(17-18)21-16-23-10-11-24-21)25-19-8-5-9-20(15-19)31(29,30)27-13-3-1-2-4-14-27/h5,8-11,15-16,18H,1-4,6-7,12-14,17H2,(H,25,28)/t18-/m0/s1. The maximum Gasteiger partial charge on any atom is 0.243 e. The van der Waals surface area contributed by atoms with Gasteiger partial charge in [0.05, 0.1) is 17.0 Å². The number of hydrogen-bond donors (Lipinski definition) is 1. The molecule has 0 unspecified atom stereocenters. The van der Waals surface area contributed by atoms with E-state index in [4.69, 9.17) is 0 Å². The number of nitrogens with one attached hydrogen (secondary N) is 1. The molecule has 1 N–H and O–H groups in total. The zero-order valence-electron chi connectivity index (χ0n) is 17.6. The Morgan fingerprint density at radius 2 is 1.84 bits per heavy atom. The molecule has 1 aromatic carbocycles. The molecular weight excluding hydrogens is 414 g/mol. The molecule has 4 rings (SSSR count). The maximum atomic E-state index is 13.1. The molecule has 31 heavy (non-hydrogen) atoms. The van der Waals surface area contributed by atoms with Crippen molar-refractivity contribution >= 4 is 27.4 Å². The van der Waals surface area contributed by atoms with E-state index in [1.165, 1.54) is 0 Å². The Balaban J connectivity index is 1.44. The van der Waals surface area contributed by atoms with E-state index in [9.17, 15) is 13.2 Å². The number of amides is 1. The van der Waals surface area contributed by atoms with Crippen LogP contribution in [0.25, 0.3) is 0 Å². The molecule has 0 radical (unpaired) electrons. The summed E-state index contributed by atoms with van der Waals surface area (Å²) in [7, 11) is -3.55. The third-order valence-electron chi connectivity index (χ3n) is 5.97. The Hall–Kier alpha value is -2.52. The highest BCUT2D eigenvalue weighted by Gasteiger charge is 2.28. The Bertz CT molecular complexity index is 991. The Morgan fingerprint density at radius 1 is 1.03 bits per heavy atom. The molecule has 1 aromatic heterocycles. The lowest BCUT2D eigenvalue weighted by Gasteiger charge is -2.32. The first-order valence-corrected chi connectivity index (χ1v) is 12.4. The number of hydrogen-bond acceptors (Lipinski definition) is 6. The number of rotatable bonds is 5. The number of benzene rings is 1. The molecule has 166 valence electrons. The predicted molar refractivity (Wildman–Crippen MR) is 119 cm³/mol. The van der Waals surface area contributed by atoms with Gasteiger partial charge in [-0.05, 0) is 43.9 Å². The molecule has 0 spiro atoms. The smallest absolute Gasteiger partial charge is 0.243 e. The van der Waals surface area contributed by atoms with E-state index in [2.05, 4.69) is 20.2 Å². The number of sulfonamides is 1. The Kier molecular flexibility index (Phi) is 6.82. The highest BCUT2D eigenvalue weighted by Crippen LogP contribution is 2.25. The second-order valence-corrected chi connectivity index (χ2v) is 10.1. The quantitative estimate of drug-likeness (QED) is 0.763. The minimum atomic E-state index is -3.55. The van der Waals surface area contributed by atoms with Crippen LogP contribution in [0.1, 0.15) is 38.5 Å². The summed E-state index contributed by atoms with van der Waals surface area (Å²) in [5.74, 6) is 0.477. The molecule has 2 aromatic rings. The zero-order chi connectivity index (χ0) is 21.7. The van der Waals surface area contributed by atoms with E-state index in [1.54, 1.807) is 47.2 Å². The molecule has 0 bridgehead atoms. The summed E-state index contributed by atoms with van der Waals surface area (Å²) >= 11 is 0. The number of nitrogens with zero attached hydrogens (tertiary/aromatic N) is 4. The maximum absolute atomic E-state index is 13.1. The van der Waals surface area contributed by atoms with E-state index in [0.29, 0.717) is 25.3 Å². The first kappa shape index (κ1) is 21.7. The van der Waals surface area contributed by atoms with Gasteiger partial charge in [-0.15, -0.1) is 0 Å². The van der Waals surface area contributed by atoms with Gasteiger partial charge in [-0.3, -0.25) is 9.78 Å². The number of carbonyl (C=O) groups excluding carboxylic acids is 1. The largest absolute Gasteiger partial charge is 0.355 e. The Morgan fingerprint density at radius 3 is 2.58 bits per heavy atom. The zero-order valence-corrected chi connectivity index (χ0v) is 18.4. The van der Waals surface area contributed by atoms with E-state index in [1.807, 2.05) is 0 Å². The first-order valence-electron chi connectivity index (χ1n) is 11.0. The van der Waals surface area contributed by atoms with Gasteiger partial charge in [-0.1, -0.05) is 18.9 Å². The van der Waals surface area contributed by atoms with Crippen molar-refractivity contribution < 1.29 is 13.2 Å². The predicted octanol–water partition coefficient (Wildman–Crippen LogP) is 2.90. The number of piperidine rings is 1. The highest BCUT2D eigenvalue weighted by molar-refractivity contribution is 7.89. The summed E-state index contributed by atoms with van der Waals surface area (Å²) < 4.78 is 27.7. The van der Waals surface area contributed by atoms with Crippen molar-refractivity contribution in [3.8, 4) is 0 Å². The van der Waals surface area contributed by atoms with Crippen LogP contribution in [0.15, 0.2) is 47.8 Å². The molecule has 1 amide bonds. The summed E-state index contributed by atoms with van der Waals surface area (Å²) in [6.45, 7) is 2.51. The van der Waals surface area contributed by atoms with Gasteiger partial charge in [0, 0.05) is 44.3 Å². The van der Waals surface area contributed by atoms with Gasteiger partial charge in [0.2, 0.25) is 15.9 Å². The molecule has 2 fully saturated rings. The molecule has 3 heterocycles. The molecule has 2 saturated heterocycles. The average molecular weight is 444 g/mol. The van der Waals surface area contributed by atoms with Crippen molar-refractivity contribution in [2.75, 3.05) is 36.4 Å². The lowest BCUT2D eigenvalue weighted by molar-refractivity contribution is -0.120. The minimum absolute atomic E-state index is 0.0992. The van der Waals surface area contributed by atoms with Crippen molar-refractivity contribution in [3.63, 3.8) is 0 Å². The SMILES string of the molecule is O=C(Nc1cccc(S(=O)(=O)N2CCCCCC2)c1)[C@H]1CCCN(c2cnccn2)C1. The van der Waals surface area contributed by atoms with E-state index in [-0.39, 0.29) is 16.7 Å². The lowest BCUT2D eigenvalue weighted by atomic mass is 9.97. The van der Waals surface area contributed by atoms with Gasteiger partial charge in [0.15, 0.2) is 0 Å². The summed E-state index contributed by atoms with van der Waals surface area (Å²) in [4.78, 5) is 23.7. The van der Waals surface area contributed by atoms with Gasteiger partial charge in [-0.2, -0.15) is 4.31 Å². The second kappa shape index (κ2) is 9.74. The van der Waals surface area contributed by atoms with Gasteiger partial charge >= 0.3 is 0 Å². The van der Waals surface area contributed by atoms with Crippen molar-refractivity contribution in [1.82, 2.24) is 14.3 Å². The fraction of sp³-hybridized carbons (Fsp3) is 0.500. The molecule has 2 aliphatic heterocycles. The number of anilines is 2. The topological polar surface area (TPSA) is 95.5 Å². The van der Waals surface area contributed by atoms with Crippen LogP contribution in [-0.2, 0) is 14.8 Å². The van der Waals surface area contributed by atoms with E-state index >= 15 is 0 Å². The minimum Gasteiger partial charge on any atom is -0.355 e. The molecular formula is C22H29N5O3S. The Labute approximate surface area is 183 Å². The van der Waals surface area contributed by atoms with Crippen LogP contribution in [-0.4, -0.2) is 54.8 Å². The molecule has 0 aliphatic carbocycles.